The van der Waals surface area contributed by atoms with Crippen molar-refractivity contribution in [2.24, 2.45) is 0 Å². The van der Waals surface area contributed by atoms with Crippen molar-refractivity contribution in [1.29, 1.82) is 0 Å². The second-order valence-electron chi connectivity index (χ2n) is 5.08. The predicted molar refractivity (Wildman–Crippen MR) is 54.7 cm³/mol. The van der Waals surface area contributed by atoms with Crippen LogP contribution in [0.1, 0.15) is 46.0 Å². The van der Waals surface area contributed by atoms with E-state index in [0.29, 0.717) is 0 Å². The van der Waals surface area contributed by atoms with E-state index in [9.17, 15) is 0 Å². The van der Waals surface area contributed by atoms with Crippen LogP contribution in [0.4, 0.5) is 0 Å². The smallest absolute Gasteiger partial charge is 0.144 e. The van der Waals surface area contributed by atoms with Gasteiger partial charge in [0.2, 0.25) is 0 Å². The molecule has 3 nitrogen and oxygen atoms in total. The van der Waals surface area contributed by atoms with Crippen molar-refractivity contribution in [2.45, 2.75) is 57.2 Å². The van der Waals surface area contributed by atoms with Crippen LogP contribution >= 0.6 is 0 Å². The summed E-state index contributed by atoms with van der Waals surface area (Å²) in [4.78, 5) is 5.53. The third-order valence-electron chi connectivity index (χ3n) is 3.43. The summed E-state index contributed by atoms with van der Waals surface area (Å²) in [7, 11) is 1.76. The van der Waals surface area contributed by atoms with Crippen molar-refractivity contribution in [1.82, 2.24) is 5.06 Å². The van der Waals surface area contributed by atoms with E-state index in [1.807, 2.05) is 0 Å². The Balaban J connectivity index is 2.18. The van der Waals surface area contributed by atoms with E-state index in [1.54, 1.807) is 7.11 Å². The van der Waals surface area contributed by atoms with Crippen molar-refractivity contribution in [2.75, 3.05) is 13.7 Å². The first kappa shape index (κ1) is 10.4. The number of rotatable bonds is 1. The molecule has 0 atom stereocenters. The highest BCUT2D eigenvalue weighted by Gasteiger charge is 2.52. The van der Waals surface area contributed by atoms with Gasteiger partial charge in [0.15, 0.2) is 0 Å². The summed E-state index contributed by atoms with van der Waals surface area (Å²) in [6.07, 6.45) is 6.09. The molecule has 0 aromatic heterocycles. The summed E-state index contributed by atoms with van der Waals surface area (Å²) in [6, 6.07) is 0. The maximum atomic E-state index is 6.00. The van der Waals surface area contributed by atoms with E-state index in [-0.39, 0.29) is 11.3 Å². The second-order valence-corrected chi connectivity index (χ2v) is 5.08. The Morgan fingerprint density at radius 2 is 1.79 bits per heavy atom. The summed E-state index contributed by atoms with van der Waals surface area (Å²) in [5.41, 5.74) is -0.0947. The standard InChI is InChI=1S/C11H21NO2/c1-10(2)9-14-11(12(10)13-3)7-5-4-6-8-11/h4-9H2,1-3H3. The number of hydrogen-bond donors (Lipinski definition) is 0. The molecule has 2 aliphatic rings. The summed E-state index contributed by atoms with van der Waals surface area (Å²) < 4.78 is 6.00. The molecule has 1 aliphatic carbocycles. The number of hydroxylamine groups is 2. The van der Waals surface area contributed by atoms with Crippen molar-refractivity contribution in [3.05, 3.63) is 0 Å². The van der Waals surface area contributed by atoms with Gasteiger partial charge in [0.05, 0.1) is 19.3 Å². The van der Waals surface area contributed by atoms with E-state index in [2.05, 4.69) is 18.9 Å². The van der Waals surface area contributed by atoms with Crippen LogP contribution in [-0.2, 0) is 9.57 Å². The highest BCUT2D eigenvalue weighted by Crippen LogP contribution is 2.43. The Morgan fingerprint density at radius 1 is 1.14 bits per heavy atom. The molecule has 0 bridgehead atoms. The summed E-state index contributed by atoms with van der Waals surface area (Å²) in [5, 5.41) is 2.08. The molecule has 0 unspecified atom stereocenters. The van der Waals surface area contributed by atoms with Gasteiger partial charge in [-0.1, -0.05) is 6.42 Å². The van der Waals surface area contributed by atoms with Gasteiger partial charge < -0.3 is 4.74 Å². The average Bonchev–Trinajstić information content (AvgIpc) is 2.40. The molecule has 14 heavy (non-hydrogen) atoms. The fraction of sp³-hybridized carbons (Fsp3) is 1.00. The molecule has 2 fully saturated rings. The van der Waals surface area contributed by atoms with Crippen LogP contribution in [0.5, 0.6) is 0 Å². The minimum atomic E-state index is -0.115. The van der Waals surface area contributed by atoms with Gasteiger partial charge >= 0.3 is 0 Å². The average molecular weight is 199 g/mol. The molecule has 0 amide bonds. The fourth-order valence-corrected chi connectivity index (χ4v) is 2.84. The Hall–Kier alpha value is -0.120. The number of hydrogen-bond acceptors (Lipinski definition) is 3. The molecular formula is C11H21NO2. The molecule has 82 valence electrons. The second kappa shape index (κ2) is 3.47. The van der Waals surface area contributed by atoms with Crippen LogP contribution in [-0.4, -0.2) is 30.0 Å². The van der Waals surface area contributed by atoms with Gasteiger partial charge in [-0.15, -0.1) is 0 Å². The molecule has 1 saturated heterocycles. The van der Waals surface area contributed by atoms with Crippen LogP contribution in [0, 0.1) is 0 Å². The quantitative estimate of drug-likeness (QED) is 0.647. The van der Waals surface area contributed by atoms with Gasteiger partial charge in [-0.25, -0.2) is 0 Å². The lowest BCUT2D eigenvalue weighted by atomic mass is 9.90. The van der Waals surface area contributed by atoms with E-state index in [1.165, 1.54) is 19.3 Å². The lowest BCUT2D eigenvalue weighted by Gasteiger charge is -2.42. The normalized spacial score (nSPS) is 31.1. The molecule has 0 radical (unpaired) electrons. The lowest BCUT2D eigenvalue weighted by molar-refractivity contribution is -0.278. The zero-order valence-corrected chi connectivity index (χ0v) is 9.51. The SMILES string of the molecule is CON1C(C)(C)COC12CCCCC2. The molecule has 0 N–H and O–H groups in total. The Kier molecular flexibility index (Phi) is 2.58. The molecule has 2 rings (SSSR count). The molecular weight excluding hydrogens is 178 g/mol. The first-order valence-electron chi connectivity index (χ1n) is 5.59. The minimum absolute atomic E-state index is 0.0199. The predicted octanol–water partition coefficient (Wildman–Crippen LogP) is 2.32. The highest BCUT2D eigenvalue weighted by atomic mass is 16.7. The van der Waals surface area contributed by atoms with Crippen LogP contribution in [0.15, 0.2) is 0 Å². The van der Waals surface area contributed by atoms with E-state index < -0.39 is 0 Å². The van der Waals surface area contributed by atoms with Crippen LogP contribution in [0.3, 0.4) is 0 Å². The van der Waals surface area contributed by atoms with Gasteiger partial charge in [-0.2, -0.15) is 5.06 Å². The van der Waals surface area contributed by atoms with Crippen molar-refractivity contribution >= 4 is 0 Å². The zero-order valence-electron chi connectivity index (χ0n) is 9.51. The number of ether oxygens (including phenoxy) is 1. The third-order valence-corrected chi connectivity index (χ3v) is 3.43. The third kappa shape index (κ3) is 1.47. The Bertz CT molecular complexity index is 209. The van der Waals surface area contributed by atoms with Gasteiger partial charge in [-0.05, 0) is 39.5 Å². The molecule has 1 heterocycles. The van der Waals surface area contributed by atoms with E-state index in [0.717, 1.165) is 19.4 Å². The van der Waals surface area contributed by atoms with Crippen LogP contribution in [0.25, 0.3) is 0 Å². The topological polar surface area (TPSA) is 21.7 Å². The largest absolute Gasteiger partial charge is 0.356 e. The van der Waals surface area contributed by atoms with Crippen molar-refractivity contribution < 1.29 is 9.57 Å². The van der Waals surface area contributed by atoms with Gasteiger partial charge in [0, 0.05) is 0 Å². The molecule has 1 spiro atoms. The van der Waals surface area contributed by atoms with Gasteiger partial charge in [-0.3, -0.25) is 4.84 Å². The lowest BCUT2D eigenvalue weighted by Crippen LogP contribution is -2.52. The molecule has 0 aromatic rings. The van der Waals surface area contributed by atoms with E-state index >= 15 is 0 Å². The van der Waals surface area contributed by atoms with Crippen molar-refractivity contribution in [3.8, 4) is 0 Å². The Morgan fingerprint density at radius 3 is 2.36 bits per heavy atom. The zero-order chi connectivity index (χ0) is 10.2. The maximum absolute atomic E-state index is 6.00. The summed E-state index contributed by atoms with van der Waals surface area (Å²) >= 11 is 0. The van der Waals surface area contributed by atoms with Gasteiger partial charge in [0.1, 0.15) is 5.72 Å². The molecule has 1 saturated carbocycles. The highest BCUT2D eigenvalue weighted by molar-refractivity contribution is 4.95. The fourth-order valence-electron chi connectivity index (χ4n) is 2.84. The summed E-state index contributed by atoms with van der Waals surface area (Å²) in [6.45, 7) is 5.14. The van der Waals surface area contributed by atoms with Crippen LogP contribution in [0.2, 0.25) is 0 Å². The minimum Gasteiger partial charge on any atom is -0.356 e. The number of nitrogens with zero attached hydrogens (tertiary/aromatic N) is 1. The maximum Gasteiger partial charge on any atom is 0.144 e. The molecule has 3 heteroatoms. The first-order valence-corrected chi connectivity index (χ1v) is 5.59. The Labute approximate surface area is 86.3 Å². The monoisotopic (exact) mass is 199 g/mol. The van der Waals surface area contributed by atoms with Crippen molar-refractivity contribution in [3.63, 3.8) is 0 Å². The van der Waals surface area contributed by atoms with Crippen LogP contribution < -0.4 is 0 Å². The molecule has 0 aromatic carbocycles. The van der Waals surface area contributed by atoms with Gasteiger partial charge in [0.25, 0.3) is 0 Å². The molecule has 1 aliphatic heterocycles. The van der Waals surface area contributed by atoms with E-state index in [4.69, 9.17) is 9.57 Å². The first-order chi connectivity index (χ1) is 6.61. The summed E-state index contributed by atoms with van der Waals surface area (Å²) in [5.74, 6) is 0.